The van der Waals surface area contributed by atoms with Crippen molar-refractivity contribution in [3.63, 3.8) is 0 Å². The zero-order chi connectivity index (χ0) is 15.0. The summed E-state index contributed by atoms with van der Waals surface area (Å²) in [4.78, 5) is 1.05. The van der Waals surface area contributed by atoms with Crippen LogP contribution in [0, 0.1) is 11.3 Å². The highest BCUT2D eigenvalue weighted by atomic mass is 19.4. The molecule has 0 saturated heterocycles. The number of hydrogen-bond donors (Lipinski definition) is 1. The third-order valence-electron chi connectivity index (χ3n) is 2.49. The van der Waals surface area contributed by atoms with Gasteiger partial charge in [0.2, 0.25) is 0 Å². The maximum absolute atomic E-state index is 12.3. The quantitative estimate of drug-likeness (QED) is 0.831. The summed E-state index contributed by atoms with van der Waals surface area (Å²) in [6.45, 7) is -1.51. The van der Waals surface area contributed by atoms with E-state index >= 15 is 0 Å². The van der Waals surface area contributed by atoms with Crippen LogP contribution in [0.3, 0.4) is 0 Å². The maximum Gasteiger partial charge on any atom is 0.401 e. The Balaban J connectivity index is 2.50. The summed E-state index contributed by atoms with van der Waals surface area (Å²) >= 11 is 0. The Morgan fingerprint density at radius 1 is 1.25 bits per heavy atom. The number of hydrogen-bond acceptors (Lipinski definition) is 4. The normalized spacial score (nSPS) is 11.4. The number of rotatable bonds is 7. The fraction of sp³-hybridized carbons (Fsp3) is 0.462. The molecule has 1 aromatic carbocycles. The summed E-state index contributed by atoms with van der Waals surface area (Å²) < 4.78 is 42.2. The Morgan fingerprint density at radius 3 is 2.55 bits per heavy atom. The second kappa shape index (κ2) is 7.72. The van der Waals surface area contributed by atoms with E-state index in [2.05, 4.69) is 0 Å². The van der Waals surface area contributed by atoms with Gasteiger partial charge in [-0.3, -0.25) is 4.90 Å². The molecule has 0 radical (unpaired) electrons. The molecule has 0 bridgehead atoms. The van der Waals surface area contributed by atoms with Gasteiger partial charge < -0.3 is 9.84 Å². The molecular weight excluding hydrogens is 273 g/mol. The number of halogens is 3. The van der Waals surface area contributed by atoms with Crippen molar-refractivity contribution in [1.82, 2.24) is 4.90 Å². The third-order valence-corrected chi connectivity index (χ3v) is 2.49. The molecule has 1 rings (SSSR count). The van der Waals surface area contributed by atoms with Gasteiger partial charge in [-0.1, -0.05) is 12.1 Å². The molecule has 1 aromatic rings. The van der Waals surface area contributed by atoms with Crippen molar-refractivity contribution in [2.75, 3.05) is 32.8 Å². The van der Waals surface area contributed by atoms with Crippen LogP contribution in [0.25, 0.3) is 0 Å². The number of para-hydroxylation sites is 1. The molecule has 0 atom stereocenters. The van der Waals surface area contributed by atoms with E-state index in [0.717, 1.165) is 4.90 Å². The number of benzene rings is 1. The number of nitriles is 1. The van der Waals surface area contributed by atoms with Crippen LogP contribution in [0.15, 0.2) is 24.3 Å². The summed E-state index contributed by atoms with van der Waals surface area (Å²) in [5.41, 5.74) is 0.331. The fourth-order valence-electron chi connectivity index (χ4n) is 1.63. The zero-order valence-corrected chi connectivity index (χ0v) is 10.7. The summed E-state index contributed by atoms with van der Waals surface area (Å²) in [5.74, 6) is 0.339. The molecule has 20 heavy (non-hydrogen) atoms. The molecule has 0 fully saturated rings. The highest BCUT2D eigenvalue weighted by molar-refractivity contribution is 5.42. The van der Waals surface area contributed by atoms with Crippen LogP contribution >= 0.6 is 0 Å². The molecule has 0 unspecified atom stereocenters. The van der Waals surface area contributed by atoms with E-state index in [1.165, 1.54) is 0 Å². The van der Waals surface area contributed by atoms with Crippen molar-refractivity contribution in [3.8, 4) is 11.8 Å². The minimum Gasteiger partial charge on any atom is -0.491 e. The summed E-state index contributed by atoms with van der Waals surface area (Å²) in [6.07, 6.45) is -4.32. The average Bonchev–Trinajstić information content (AvgIpc) is 2.37. The van der Waals surface area contributed by atoms with Gasteiger partial charge in [0.25, 0.3) is 0 Å². The molecule has 110 valence electrons. The SMILES string of the molecule is N#Cc1ccccc1OCCN(CCO)CC(F)(F)F. The molecule has 0 aliphatic rings. The van der Waals surface area contributed by atoms with Gasteiger partial charge >= 0.3 is 6.18 Å². The largest absolute Gasteiger partial charge is 0.491 e. The molecule has 4 nitrogen and oxygen atoms in total. The summed E-state index contributed by atoms with van der Waals surface area (Å²) in [7, 11) is 0. The van der Waals surface area contributed by atoms with Crippen molar-refractivity contribution in [3.05, 3.63) is 29.8 Å². The topological polar surface area (TPSA) is 56.5 Å². The van der Waals surface area contributed by atoms with Gasteiger partial charge in [-0.15, -0.1) is 0 Å². The molecule has 0 aromatic heterocycles. The van der Waals surface area contributed by atoms with E-state index in [1.54, 1.807) is 24.3 Å². The fourth-order valence-corrected chi connectivity index (χ4v) is 1.63. The Labute approximate surface area is 115 Å². The smallest absolute Gasteiger partial charge is 0.401 e. The van der Waals surface area contributed by atoms with Crippen LogP contribution in [0.5, 0.6) is 5.75 Å². The number of aliphatic hydroxyl groups excluding tert-OH is 1. The summed E-state index contributed by atoms with van der Waals surface area (Å²) in [5, 5.41) is 17.6. The Bertz CT molecular complexity index is 458. The third kappa shape index (κ3) is 5.91. The molecule has 1 N–H and O–H groups in total. The first kappa shape index (κ1) is 16.3. The van der Waals surface area contributed by atoms with E-state index in [0.29, 0.717) is 11.3 Å². The van der Waals surface area contributed by atoms with E-state index in [4.69, 9.17) is 15.1 Å². The standard InChI is InChI=1S/C13H15F3N2O2/c14-13(15,16)10-18(5-7-19)6-8-20-12-4-2-1-3-11(12)9-17/h1-4,19H,5-8,10H2. The van der Waals surface area contributed by atoms with Gasteiger partial charge in [-0.05, 0) is 12.1 Å². The maximum atomic E-state index is 12.3. The highest BCUT2D eigenvalue weighted by Crippen LogP contribution is 2.18. The van der Waals surface area contributed by atoms with Crippen LogP contribution in [0.4, 0.5) is 13.2 Å². The lowest BCUT2D eigenvalue weighted by molar-refractivity contribution is -0.147. The Morgan fingerprint density at radius 2 is 1.95 bits per heavy atom. The number of nitrogens with zero attached hydrogens (tertiary/aromatic N) is 2. The predicted octanol–water partition coefficient (Wildman–Crippen LogP) is 1.79. The van der Waals surface area contributed by atoms with E-state index in [9.17, 15) is 13.2 Å². The number of alkyl halides is 3. The van der Waals surface area contributed by atoms with Crippen molar-refractivity contribution in [2.24, 2.45) is 0 Å². The second-order valence-electron chi connectivity index (χ2n) is 4.07. The van der Waals surface area contributed by atoms with Crippen LogP contribution in [0.1, 0.15) is 5.56 Å². The molecule has 0 aliphatic heterocycles. The van der Waals surface area contributed by atoms with Gasteiger partial charge in [-0.2, -0.15) is 18.4 Å². The van der Waals surface area contributed by atoms with Crippen molar-refractivity contribution < 1.29 is 23.0 Å². The first-order chi connectivity index (χ1) is 9.46. The first-order valence-electron chi connectivity index (χ1n) is 5.98. The lowest BCUT2D eigenvalue weighted by Crippen LogP contribution is -2.38. The van der Waals surface area contributed by atoms with Crippen LogP contribution in [-0.4, -0.2) is 49.0 Å². The minimum atomic E-state index is -4.32. The number of aliphatic hydroxyl groups is 1. The van der Waals surface area contributed by atoms with Crippen LogP contribution in [0.2, 0.25) is 0 Å². The van der Waals surface area contributed by atoms with E-state index < -0.39 is 12.7 Å². The minimum absolute atomic E-state index is 0.00870. The molecule has 0 saturated carbocycles. The van der Waals surface area contributed by atoms with Gasteiger partial charge in [0.15, 0.2) is 0 Å². The lowest BCUT2D eigenvalue weighted by Gasteiger charge is -2.22. The Hall–Kier alpha value is -1.78. The van der Waals surface area contributed by atoms with Crippen molar-refractivity contribution in [1.29, 1.82) is 5.26 Å². The van der Waals surface area contributed by atoms with Gasteiger partial charge in [-0.25, -0.2) is 0 Å². The van der Waals surface area contributed by atoms with E-state index in [-0.39, 0.29) is 26.3 Å². The number of ether oxygens (including phenoxy) is 1. The van der Waals surface area contributed by atoms with E-state index in [1.807, 2.05) is 6.07 Å². The summed E-state index contributed by atoms with van der Waals surface area (Å²) in [6, 6.07) is 8.44. The van der Waals surface area contributed by atoms with Crippen molar-refractivity contribution >= 4 is 0 Å². The van der Waals surface area contributed by atoms with Gasteiger partial charge in [0.05, 0.1) is 18.7 Å². The predicted molar refractivity (Wildman–Crippen MR) is 66.2 cm³/mol. The molecule has 0 aliphatic carbocycles. The molecule has 0 heterocycles. The lowest BCUT2D eigenvalue weighted by atomic mass is 10.2. The van der Waals surface area contributed by atoms with Crippen LogP contribution < -0.4 is 4.74 Å². The zero-order valence-electron chi connectivity index (χ0n) is 10.7. The van der Waals surface area contributed by atoms with Crippen LogP contribution in [-0.2, 0) is 0 Å². The Kier molecular flexibility index (Phi) is 6.28. The highest BCUT2D eigenvalue weighted by Gasteiger charge is 2.30. The monoisotopic (exact) mass is 288 g/mol. The average molecular weight is 288 g/mol. The molecule has 0 spiro atoms. The second-order valence-corrected chi connectivity index (χ2v) is 4.07. The van der Waals surface area contributed by atoms with Gasteiger partial charge in [0.1, 0.15) is 18.4 Å². The van der Waals surface area contributed by atoms with Crippen molar-refractivity contribution in [2.45, 2.75) is 6.18 Å². The first-order valence-corrected chi connectivity index (χ1v) is 5.98. The molecule has 0 amide bonds. The molecular formula is C13H15F3N2O2. The van der Waals surface area contributed by atoms with Gasteiger partial charge in [0, 0.05) is 13.1 Å². The molecule has 7 heteroatoms.